The minimum Gasteiger partial charge on any atom is -0.493 e. The molecule has 0 heterocycles. The summed E-state index contributed by atoms with van der Waals surface area (Å²) in [6.07, 6.45) is 0. The lowest BCUT2D eigenvalue weighted by atomic mass is 10.2. The molecular weight excluding hydrogens is 180 g/mol. The molecule has 0 saturated heterocycles. The Hall–Kier alpha value is -1.51. The molecule has 0 fully saturated rings. The van der Waals surface area contributed by atoms with Crippen LogP contribution in [0, 0.1) is 0 Å². The van der Waals surface area contributed by atoms with Crippen molar-refractivity contribution in [3.63, 3.8) is 0 Å². The molecule has 0 aliphatic carbocycles. The van der Waals surface area contributed by atoms with E-state index in [4.69, 9.17) is 9.84 Å². The minimum absolute atomic E-state index is 0.208. The first kappa shape index (κ1) is 12.5. The fourth-order valence-electron chi connectivity index (χ4n) is 0.925. The maximum absolute atomic E-state index is 10.6. The lowest BCUT2D eigenvalue weighted by Gasteiger charge is -2.05. The third-order valence-corrected chi connectivity index (χ3v) is 1.42. The molecular formula is C11H16O3. The van der Waals surface area contributed by atoms with Crippen molar-refractivity contribution in [2.45, 2.75) is 20.8 Å². The van der Waals surface area contributed by atoms with Gasteiger partial charge in [-0.15, -0.1) is 0 Å². The predicted octanol–water partition coefficient (Wildman–Crippen LogP) is 2.81. The number of carbonyl (C=O) groups is 1. The maximum atomic E-state index is 10.6. The van der Waals surface area contributed by atoms with E-state index >= 15 is 0 Å². The SMILES string of the molecule is CC.CCOc1ccccc1C(=O)O. The van der Waals surface area contributed by atoms with Crippen LogP contribution in [-0.2, 0) is 0 Å². The lowest BCUT2D eigenvalue weighted by Crippen LogP contribution is -2.01. The molecule has 78 valence electrons. The minimum atomic E-state index is -0.959. The summed E-state index contributed by atoms with van der Waals surface area (Å²) in [5.74, 6) is -0.536. The number of carboxylic acid groups (broad SMARTS) is 1. The van der Waals surface area contributed by atoms with Gasteiger partial charge in [-0.3, -0.25) is 0 Å². The second-order valence-corrected chi connectivity index (χ2v) is 2.23. The van der Waals surface area contributed by atoms with Gasteiger partial charge in [0.25, 0.3) is 0 Å². The van der Waals surface area contributed by atoms with E-state index in [-0.39, 0.29) is 5.56 Å². The zero-order chi connectivity index (χ0) is 11.0. The van der Waals surface area contributed by atoms with Crippen molar-refractivity contribution in [3.05, 3.63) is 29.8 Å². The summed E-state index contributed by atoms with van der Waals surface area (Å²) in [6, 6.07) is 6.59. The number of rotatable bonds is 3. The van der Waals surface area contributed by atoms with Crippen molar-refractivity contribution < 1.29 is 14.6 Å². The smallest absolute Gasteiger partial charge is 0.339 e. The molecule has 1 aromatic carbocycles. The van der Waals surface area contributed by atoms with E-state index in [1.165, 1.54) is 6.07 Å². The van der Waals surface area contributed by atoms with Crippen LogP contribution in [0.1, 0.15) is 31.1 Å². The van der Waals surface area contributed by atoms with E-state index in [0.717, 1.165) is 0 Å². The molecule has 0 aliphatic rings. The van der Waals surface area contributed by atoms with Gasteiger partial charge in [0.2, 0.25) is 0 Å². The van der Waals surface area contributed by atoms with Gasteiger partial charge >= 0.3 is 5.97 Å². The Bertz CT molecular complexity index is 282. The van der Waals surface area contributed by atoms with Gasteiger partial charge in [-0.25, -0.2) is 4.79 Å². The molecule has 0 aliphatic heterocycles. The molecule has 3 heteroatoms. The summed E-state index contributed by atoms with van der Waals surface area (Å²) >= 11 is 0. The molecule has 0 spiro atoms. The fourth-order valence-corrected chi connectivity index (χ4v) is 0.925. The van der Waals surface area contributed by atoms with Crippen LogP contribution in [0.3, 0.4) is 0 Å². The highest BCUT2D eigenvalue weighted by molar-refractivity contribution is 5.90. The Morgan fingerprint density at radius 1 is 1.36 bits per heavy atom. The van der Waals surface area contributed by atoms with Crippen LogP contribution in [0.5, 0.6) is 5.75 Å². The highest BCUT2D eigenvalue weighted by Gasteiger charge is 2.08. The van der Waals surface area contributed by atoms with Crippen LogP contribution in [0.4, 0.5) is 0 Å². The Labute approximate surface area is 84.3 Å². The van der Waals surface area contributed by atoms with Crippen LogP contribution in [0.2, 0.25) is 0 Å². The summed E-state index contributed by atoms with van der Waals surface area (Å²) in [5, 5.41) is 8.71. The number of hydrogen-bond acceptors (Lipinski definition) is 2. The molecule has 14 heavy (non-hydrogen) atoms. The standard InChI is InChI=1S/C9H10O3.C2H6/c1-2-12-8-6-4-3-5-7(8)9(10)11;1-2/h3-6H,2H2,1H3,(H,10,11);1-2H3. The Morgan fingerprint density at radius 3 is 2.43 bits per heavy atom. The Kier molecular flexibility index (Phi) is 6.20. The normalized spacial score (nSPS) is 8.50. The molecule has 0 amide bonds. The molecule has 1 aromatic rings. The first-order valence-corrected chi connectivity index (χ1v) is 4.70. The third kappa shape index (κ3) is 3.47. The monoisotopic (exact) mass is 196 g/mol. The van der Waals surface area contributed by atoms with E-state index in [9.17, 15) is 4.79 Å². The molecule has 3 nitrogen and oxygen atoms in total. The second kappa shape index (κ2) is 6.95. The number of benzene rings is 1. The number of para-hydroxylation sites is 1. The van der Waals surface area contributed by atoms with Crippen molar-refractivity contribution in [2.75, 3.05) is 6.61 Å². The summed E-state index contributed by atoms with van der Waals surface area (Å²) in [6.45, 7) is 6.29. The van der Waals surface area contributed by atoms with Crippen molar-refractivity contribution in [1.29, 1.82) is 0 Å². The van der Waals surface area contributed by atoms with Gasteiger partial charge in [0.15, 0.2) is 0 Å². The number of hydrogen-bond donors (Lipinski definition) is 1. The van der Waals surface area contributed by atoms with E-state index in [1.54, 1.807) is 18.2 Å². The first-order chi connectivity index (χ1) is 6.75. The molecule has 1 N–H and O–H groups in total. The van der Waals surface area contributed by atoms with Gasteiger partial charge in [-0.1, -0.05) is 26.0 Å². The van der Waals surface area contributed by atoms with E-state index in [0.29, 0.717) is 12.4 Å². The average Bonchev–Trinajstić information content (AvgIpc) is 2.22. The van der Waals surface area contributed by atoms with Crippen molar-refractivity contribution in [1.82, 2.24) is 0 Å². The highest BCUT2D eigenvalue weighted by Crippen LogP contribution is 2.17. The third-order valence-electron chi connectivity index (χ3n) is 1.42. The first-order valence-electron chi connectivity index (χ1n) is 4.70. The van der Waals surface area contributed by atoms with Crippen LogP contribution in [0.25, 0.3) is 0 Å². The van der Waals surface area contributed by atoms with Gasteiger partial charge in [0.05, 0.1) is 6.61 Å². The van der Waals surface area contributed by atoms with Crippen molar-refractivity contribution >= 4 is 5.97 Å². The number of carboxylic acids is 1. The molecule has 0 unspecified atom stereocenters. The zero-order valence-electron chi connectivity index (χ0n) is 8.78. The quantitative estimate of drug-likeness (QED) is 0.808. The second-order valence-electron chi connectivity index (χ2n) is 2.23. The van der Waals surface area contributed by atoms with Gasteiger partial charge < -0.3 is 9.84 Å². The van der Waals surface area contributed by atoms with Gasteiger partial charge in [-0.2, -0.15) is 0 Å². The average molecular weight is 196 g/mol. The van der Waals surface area contributed by atoms with Crippen LogP contribution < -0.4 is 4.74 Å². The molecule has 1 rings (SSSR count). The summed E-state index contributed by atoms with van der Waals surface area (Å²) in [7, 11) is 0. The number of aromatic carboxylic acids is 1. The lowest BCUT2D eigenvalue weighted by molar-refractivity contribution is 0.0692. The van der Waals surface area contributed by atoms with Gasteiger partial charge in [0.1, 0.15) is 11.3 Å². The largest absolute Gasteiger partial charge is 0.493 e. The van der Waals surface area contributed by atoms with Crippen molar-refractivity contribution in [2.24, 2.45) is 0 Å². The summed E-state index contributed by atoms with van der Waals surface area (Å²) < 4.78 is 5.12. The van der Waals surface area contributed by atoms with E-state index in [1.807, 2.05) is 20.8 Å². The fraction of sp³-hybridized carbons (Fsp3) is 0.364. The molecule has 0 saturated carbocycles. The van der Waals surface area contributed by atoms with Gasteiger partial charge in [-0.05, 0) is 19.1 Å². The van der Waals surface area contributed by atoms with Crippen LogP contribution in [-0.4, -0.2) is 17.7 Å². The van der Waals surface area contributed by atoms with E-state index in [2.05, 4.69) is 0 Å². The van der Waals surface area contributed by atoms with E-state index < -0.39 is 5.97 Å². The highest BCUT2D eigenvalue weighted by atomic mass is 16.5. The van der Waals surface area contributed by atoms with Crippen LogP contribution in [0.15, 0.2) is 24.3 Å². The maximum Gasteiger partial charge on any atom is 0.339 e. The van der Waals surface area contributed by atoms with Crippen molar-refractivity contribution in [3.8, 4) is 5.75 Å². The Morgan fingerprint density at radius 2 is 1.93 bits per heavy atom. The molecule has 0 radical (unpaired) electrons. The van der Waals surface area contributed by atoms with Gasteiger partial charge in [0, 0.05) is 0 Å². The molecule has 0 aromatic heterocycles. The topological polar surface area (TPSA) is 46.5 Å². The summed E-state index contributed by atoms with van der Waals surface area (Å²) in [4.78, 5) is 10.6. The molecule has 0 bridgehead atoms. The number of ether oxygens (including phenoxy) is 1. The van der Waals surface area contributed by atoms with Crippen LogP contribution >= 0.6 is 0 Å². The zero-order valence-corrected chi connectivity index (χ0v) is 8.78. The molecule has 0 atom stereocenters. The predicted molar refractivity (Wildman–Crippen MR) is 55.9 cm³/mol. The summed E-state index contributed by atoms with van der Waals surface area (Å²) in [5.41, 5.74) is 0.208. The Balaban J connectivity index is 0.000000791.